The number of sulfonamides is 1. The Morgan fingerprint density at radius 2 is 1.74 bits per heavy atom. The highest BCUT2D eigenvalue weighted by Gasteiger charge is 2.18. The molecule has 2 N–H and O–H groups in total. The summed E-state index contributed by atoms with van der Waals surface area (Å²) in [5.74, 6) is 0.809. The van der Waals surface area contributed by atoms with Gasteiger partial charge in [0.25, 0.3) is 10.0 Å². The molecule has 0 aliphatic rings. The van der Waals surface area contributed by atoms with Gasteiger partial charge in [-0.05, 0) is 60.4 Å². The molecule has 0 amide bonds. The summed E-state index contributed by atoms with van der Waals surface area (Å²) in [6.07, 6.45) is 0. The number of ether oxygens (including phenoxy) is 1. The van der Waals surface area contributed by atoms with Crippen molar-refractivity contribution in [2.45, 2.75) is 31.6 Å². The Morgan fingerprint density at radius 3 is 2.26 bits per heavy atom. The Morgan fingerprint density at radius 1 is 1.13 bits per heavy atom. The standard InChI is InChI=1S/C17H21NO4S/c1-11(2)15-10-17(19)12(3)9-16(15)18-23(20,21)14-7-5-13(22-4)6-8-14/h5-11,18-19H,1-4H3. The van der Waals surface area contributed by atoms with Crippen LogP contribution < -0.4 is 9.46 Å². The van der Waals surface area contributed by atoms with Crippen molar-refractivity contribution < 1.29 is 18.3 Å². The van der Waals surface area contributed by atoms with Crippen molar-refractivity contribution in [1.29, 1.82) is 0 Å². The van der Waals surface area contributed by atoms with Crippen LogP contribution >= 0.6 is 0 Å². The Labute approximate surface area is 137 Å². The summed E-state index contributed by atoms with van der Waals surface area (Å²) in [6, 6.07) is 9.42. The first-order chi connectivity index (χ1) is 10.7. The normalized spacial score (nSPS) is 11.5. The molecule has 0 radical (unpaired) electrons. The van der Waals surface area contributed by atoms with Gasteiger partial charge >= 0.3 is 0 Å². The number of phenolic OH excluding ortho intramolecular Hbond substituents is 1. The molecule has 5 nitrogen and oxygen atoms in total. The predicted octanol–water partition coefficient (Wildman–Crippen LogP) is 3.63. The Kier molecular flexibility index (Phi) is 4.85. The number of anilines is 1. The molecule has 0 fully saturated rings. The quantitative estimate of drug-likeness (QED) is 0.818. The fourth-order valence-electron chi connectivity index (χ4n) is 2.24. The molecular weight excluding hydrogens is 314 g/mol. The summed E-state index contributed by atoms with van der Waals surface area (Å²) in [6.45, 7) is 5.61. The lowest BCUT2D eigenvalue weighted by atomic mass is 9.99. The summed E-state index contributed by atoms with van der Waals surface area (Å²) in [7, 11) is -2.19. The SMILES string of the molecule is COc1ccc(S(=O)(=O)Nc2cc(C)c(O)cc2C(C)C)cc1. The van der Waals surface area contributed by atoms with Gasteiger partial charge in [0.2, 0.25) is 0 Å². The van der Waals surface area contributed by atoms with Crippen LogP contribution in [0.15, 0.2) is 41.3 Å². The van der Waals surface area contributed by atoms with E-state index in [0.717, 1.165) is 5.56 Å². The molecule has 0 aliphatic heterocycles. The predicted molar refractivity (Wildman–Crippen MR) is 90.7 cm³/mol. The average Bonchev–Trinajstić information content (AvgIpc) is 2.50. The zero-order valence-corrected chi connectivity index (χ0v) is 14.4. The molecule has 2 aromatic rings. The van der Waals surface area contributed by atoms with Crippen molar-refractivity contribution in [3.05, 3.63) is 47.5 Å². The molecular formula is C17H21NO4S. The van der Waals surface area contributed by atoms with Crippen LogP contribution in [0, 0.1) is 6.92 Å². The van der Waals surface area contributed by atoms with Gasteiger partial charge in [0, 0.05) is 0 Å². The van der Waals surface area contributed by atoms with Crippen LogP contribution in [0.5, 0.6) is 11.5 Å². The first-order valence-electron chi connectivity index (χ1n) is 7.25. The monoisotopic (exact) mass is 335 g/mol. The van der Waals surface area contributed by atoms with Crippen molar-refractivity contribution in [2.24, 2.45) is 0 Å². The molecule has 0 saturated carbocycles. The van der Waals surface area contributed by atoms with Gasteiger partial charge in [-0.25, -0.2) is 8.42 Å². The smallest absolute Gasteiger partial charge is 0.261 e. The number of benzene rings is 2. The molecule has 0 saturated heterocycles. The van der Waals surface area contributed by atoms with E-state index >= 15 is 0 Å². The Bertz CT molecular complexity index is 796. The number of methoxy groups -OCH3 is 1. The first kappa shape index (κ1) is 17.1. The van der Waals surface area contributed by atoms with Gasteiger partial charge < -0.3 is 9.84 Å². The molecule has 0 spiro atoms. The van der Waals surface area contributed by atoms with E-state index < -0.39 is 10.0 Å². The molecule has 0 aliphatic carbocycles. The number of phenols is 1. The molecule has 2 aromatic carbocycles. The van der Waals surface area contributed by atoms with Crippen molar-refractivity contribution >= 4 is 15.7 Å². The number of hydrogen-bond acceptors (Lipinski definition) is 4. The van der Waals surface area contributed by atoms with Gasteiger partial charge in [0.1, 0.15) is 11.5 Å². The number of aryl methyl sites for hydroxylation is 1. The largest absolute Gasteiger partial charge is 0.508 e. The van der Waals surface area contributed by atoms with E-state index in [1.165, 1.54) is 19.2 Å². The third-order valence-electron chi connectivity index (χ3n) is 3.60. The minimum absolute atomic E-state index is 0.0649. The average molecular weight is 335 g/mol. The number of hydrogen-bond donors (Lipinski definition) is 2. The summed E-state index contributed by atoms with van der Waals surface area (Å²) < 4.78 is 32.8. The molecule has 124 valence electrons. The van der Waals surface area contributed by atoms with Gasteiger partial charge in [-0.3, -0.25) is 4.72 Å². The van der Waals surface area contributed by atoms with E-state index in [1.54, 1.807) is 31.2 Å². The third-order valence-corrected chi connectivity index (χ3v) is 4.99. The molecule has 0 bridgehead atoms. The Hall–Kier alpha value is -2.21. The van der Waals surface area contributed by atoms with E-state index in [1.807, 2.05) is 13.8 Å². The third kappa shape index (κ3) is 3.76. The van der Waals surface area contributed by atoms with Gasteiger partial charge in [0.05, 0.1) is 17.7 Å². The molecule has 2 rings (SSSR count). The highest BCUT2D eigenvalue weighted by Crippen LogP contribution is 2.32. The van der Waals surface area contributed by atoms with Crippen LogP contribution in [0.4, 0.5) is 5.69 Å². The summed E-state index contributed by atoms with van der Waals surface area (Å²) in [4.78, 5) is 0.152. The maximum Gasteiger partial charge on any atom is 0.261 e. The maximum atomic E-state index is 12.6. The topological polar surface area (TPSA) is 75.6 Å². The van der Waals surface area contributed by atoms with Gasteiger partial charge in [-0.2, -0.15) is 0 Å². The second-order valence-electron chi connectivity index (χ2n) is 5.66. The molecule has 23 heavy (non-hydrogen) atoms. The fourth-order valence-corrected chi connectivity index (χ4v) is 3.32. The van der Waals surface area contributed by atoms with E-state index in [9.17, 15) is 13.5 Å². The highest BCUT2D eigenvalue weighted by atomic mass is 32.2. The first-order valence-corrected chi connectivity index (χ1v) is 8.73. The summed E-state index contributed by atoms with van der Waals surface area (Å²) in [5, 5.41) is 9.86. The molecule has 0 unspecified atom stereocenters. The lowest BCUT2D eigenvalue weighted by Crippen LogP contribution is -2.14. The van der Waals surface area contributed by atoms with Crippen LogP contribution in [0.25, 0.3) is 0 Å². The van der Waals surface area contributed by atoms with Crippen LogP contribution in [-0.2, 0) is 10.0 Å². The van der Waals surface area contributed by atoms with Gasteiger partial charge in [-0.15, -0.1) is 0 Å². The van der Waals surface area contributed by atoms with Gasteiger partial charge in [-0.1, -0.05) is 13.8 Å². The number of aromatic hydroxyl groups is 1. The maximum absolute atomic E-state index is 12.6. The lowest BCUT2D eigenvalue weighted by Gasteiger charge is -2.17. The fraction of sp³-hybridized carbons (Fsp3) is 0.294. The molecule has 6 heteroatoms. The second-order valence-corrected chi connectivity index (χ2v) is 7.34. The van der Waals surface area contributed by atoms with E-state index in [2.05, 4.69) is 4.72 Å². The van der Waals surface area contributed by atoms with E-state index in [0.29, 0.717) is 17.0 Å². The van der Waals surface area contributed by atoms with Crippen molar-refractivity contribution in [3.8, 4) is 11.5 Å². The van der Waals surface area contributed by atoms with Crippen LogP contribution in [0.2, 0.25) is 0 Å². The number of nitrogens with one attached hydrogen (secondary N) is 1. The van der Waals surface area contributed by atoms with Crippen LogP contribution in [0.3, 0.4) is 0 Å². The zero-order chi connectivity index (χ0) is 17.2. The molecule has 0 aromatic heterocycles. The number of rotatable bonds is 5. The second kappa shape index (κ2) is 6.50. The van der Waals surface area contributed by atoms with E-state index in [-0.39, 0.29) is 16.6 Å². The zero-order valence-electron chi connectivity index (χ0n) is 13.6. The summed E-state index contributed by atoms with van der Waals surface area (Å²) >= 11 is 0. The van der Waals surface area contributed by atoms with Crippen LogP contribution in [-0.4, -0.2) is 20.6 Å². The van der Waals surface area contributed by atoms with Gasteiger partial charge in [0.15, 0.2) is 0 Å². The van der Waals surface area contributed by atoms with Crippen molar-refractivity contribution in [2.75, 3.05) is 11.8 Å². The lowest BCUT2D eigenvalue weighted by molar-refractivity contribution is 0.414. The molecule has 0 atom stereocenters. The highest BCUT2D eigenvalue weighted by molar-refractivity contribution is 7.92. The Balaban J connectivity index is 2.42. The summed E-state index contributed by atoms with van der Waals surface area (Å²) in [5.41, 5.74) is 1.83. The van der Waals surface area contributed by atoms with E-state index in [4.69, 9.17) is 4.74 Å². The van der Waals surface area contributed by atoms with Crippen molar-refractivity contribution in [1.82, 2.24) is 0 Å². The van der Waals surface area contributed by atoms with Crippen LogP contribution in [0.1, 0.15) is 30.9 Å². The molecule has 0 heterocycles. The minimum atomic E-state index is -3.71. The van der Waals surface area contributed by atoms with Crippen molar-refractivity contribution in [3.63, 3.8) is 0 Å². The minimum Gasteiger partial charge on any atom is -0.508 e.